The highest BCUT2D eigenvalue weighted by Crippen LogP contribution is 2.37. The number of carboxylic acids is 1. The molecule has 0 radical (unpaired) electrons. The molecule has 8 heteroatoms. The summed E-state index contributed by atoms with van der Waals surface area (Å²) in [5, 5.41) is 18.1. The van der Waals surface area contributed by atoms with Crippen LogP contribution in [0.15, 0.2) is 17.2 Å². The second kappa shape index (κ2) is 4.95. The summed E-state index contributed by atoms with van der Waals surface area (Å²) in [7, 11) is -3.79. The first-order valence-corrected chi connectivity index (χ1v) is 7.42. The van der Waals surface area contributed by atoms with E-state index in [0.717, 1.165) is 18.9 Å². The Hall–Kier alpha value is -1.38. The zero-order valence-electron chi connectivity index (χ0n) is 10.4. The highest BCUT2D eigenvalue weighted by molar-refractivity contribution is 7.89. The number of nitrogens with zero attached hydrogens (tertiary/aromatic N) is 1. The zero-order chi connectivity index (χ0) is 14.2. The molecule has 7 nitrogen and oxygen atoms in total. The van der Waals surface area contributed by atoms with E-state index in [1.54, 1.807) is 0 Å². The topological polar surface area (TPSA) is 109 Å². The minimum absolute atomic E-state index is 0.0279. The molecular weight excluding hydrogens is 272 g/mol. The van der Waals surface area contributed by atoms with Gasteiger partial charge in [-0.15, -0.1) is 0 Å². The third kappa shape index (κ3) is 3.14. The van der Waals surface area contributed by atoms with Crippen molar-refractivity contribution in [1.29, 1.82) is 0 Å². The Balaban J connectivity index is 2.29. The number of carbonyl (C=O) groups is 1. The molecule has 0 spiro atoms. The molecule has 0 saturated heterocycles. The van der Waals surface area contributed by atoms with E-state index in [9.17, 15) is 13.2 Å². The van der Waals surface area contributed by atoms with Gasteiger partial charge >= 0.3 is 5.97 Å². The molecule has 0 amide bonds. The molecule has 1 aromatic heterocycles. The van der Waals surface area contributed by atoms with Gasteiger partial charge in [0, 0.05) is 18.8 Å². The fourth-order valence-corrected chi connectivity index (χ4v) is 2.89. The van der Waals surface area contributed by atoms with Crippen LogP contribution in [0.2, 0.25) is 0 Å². The van der Waals surface area contributed by atoms with Crippen LogP contribution in [0.4, 0.5) is 0 Å². The lowest BCUT2D eigenvalue weighted by Gasteiger charge is -2.06. The number of aliphatic hydroxyl groups excluding tert-OH is 1. The molecular formula is C11H16N2O5S. The fraction of sp³-hybridized carbons (Fsp3) is 0.545. The van der Waals surface area contributed by atoms with Gasteiger partial charge in [0.25, 0.3) is 0 Å². The van der Waals surface area contributed by atoms with Gasteiger partial charge in [-0.3, -0.25) is 0 Å². The van der Waals surface area contributed by atoms with Crippen LogP contribution in [-0.4, -0.2) is 41.8 Å². The van der Waals surface area contributed by atoms with Gasteiger partial charge in [0.1, 0.15) is 10.6 Å². The number of aromatic nitrogens is 1. The summed E-state index contributed by atoms with van der Waals surface area (Å²) >= 11 is 0. The lowest BCUT2D eigenvalue weighted by atomic mass is 10.4. The highest BCUT2D eigenvalue weighted by Gasteiger charge is 2.30. The molecule has 1 atom stereocenters. The maximum Gasteiger partial charge on any atom is 0.352 e. The Morgan fingerprint density at radius 3 is 2.68 bits per heavy atom. The zero-order valence-corrected chi connectivity index (χ0v) is 11.2. The maximum atomic E-state index is 11.9. The van der Waals surface area contributed by atoms with Crippen LogP contribution in [-0.2, 0) is 10.0 Å². The number of sulfonamides is 1. The summed E-state index contributed by atoms with van der Waals surface area (Å²) in [6.07, 6.45) is 2.25. The van der Waals surface area contributed by atoms with Crippen LogP contribution >= 0.6 is 0 Å². The lowest BCUT2D eigenvalue weighted by Crippen LogP contribution is -2.30. The Morgan fingerprint density at radius 2 is 2.21 bits per heavy atom. The number of carboxylic acid groups (broad SMARTS) is 1. The Bertz CT molecular complexity index is 586. The van der Waals surface area contributed by atoms with Crippen molar-refractivity contribution in [3.8, 4) is 0 Å². The summed E-state index contributed by atoms with van der Waals surface area (Å²) in [4.78, 5) is 11.0. The fourth-order valence-electron chi connectivity index (χ4n) is 1.74. The van der Waals surface area contributed by atoms with E-state index in [4.69, 9.17) is 10.2 Å². The van der Waals surface area contributed by atoms with Crippen LogP contribution in [0, 0.1) is 0 Å². The predicted molar refractivity (Wildman–Crippen MR) is 66.5 cm³/mol. The van der Waals surface area contributed by atoms with Crippen molar-refractivity contribution in [1.82, 2.24) is 9.29 Å². The van der Waals surface area contributed by atoms with Gasteiger partial charge in [-0.2, -0.15) is 0 Å². The van der Waals surface area contributed by atoms with Gasteiger partial charge in [0.15, 0.2) is 0 Å². The van der Waals surface area contributed by atoms with Gasteiger partial charge in [-0.1, -0.05) is 0 Å². The van der Waals surface area contributed by atoms with Gasteiger partial charge in [-0.25, -0.2) is 17.9 Å². The number of aromatic carboxylic acids is 1. The third-order valence-electron chi connectivity index (χ3n) is 2.86. The predicted octanol–water partition coefficient (Wildman–Crippen LogP) is 0.180. The standard InChI is InChI=1S/C11H16N2O5S/c1-7(14)5-12-19(17,18)9-4-10(11(15)16)13(6-9)8-2-3-8/h4,6-8,12,14H,2-3,5H2,1H3,(H,15,16)/t7-/m0/s1. The average molecular weight is 288 g/mol. The summed E-state index contributed by atoms with van der Waals surface area (Å²) in [5.74, 6) is -1.15. The summed E-state index contributed by atoms with van der Waals surface area (Å²) < 4.78 is 27.6. The monoisotopic (exact) mass is 288 g/mol. The van der Waals surface area contributed by atoms with Crippen LogP contribution < -0.4 is 4.72 Å². The SMILES string of the molecule is C[C@H](O)CNS(=O)(=O)c1cc(C(=O)O)n(C2CC2)c1. The molecule has 1 aromatic rings. The third-order valence-corrected chi connectivity index (χ3v) is 4.25. The molecule has 19 heavy (non-hydrogen) atoms. The summed E-state index contributed by atoms with van der Waals surface area (Å²) in [5.41, 5.74) is -0.0279. The average Bonchev–Trinajstić information content (AvgIpc) is 3.04. The molecule has 0 aromatic carbocycles. The molecule has 1 saturated carbocycles. The van der Waals surface area contributed by atoms with E-state index in [1.807, 2.05) is 0 Å². The van der Waals surface area contributed by atoms with Gasteiger partial charge in [0.2, 0.25) is 10.0 Å². The molecule has 0 bridgehead atoms. The van der Waals surface area contributed by atoms with Gasteiger partial charge in [0.05, 0.1) is 6.10 Å². The number of hydrogen-bond donors (Lipinski definition) is 3. The number of nitrogens with one attached hydrogen (secondary N) is 1. The normalized spacial score (nSPS) is 17.4. The number of hydrogen-bond acceptors (Lipinski definition) is 4. The molecule has 0 aliphatic heterocycles. The second-order valence-electron chi connectivity index (χ2n) is 4.71. The molecule has 1 fully saturated rings. The van der Waals surface area contributed by atoms with Crippen molar-refractivity contribution in [2.75, 3.05) is 6.54 Å². The molecule has 1 heterocycles. The Labute approximate surface area is 110 Å². The van der Waals surface area contributed by atoms with Crippen molar-refractivity contribution in [3.63, 3.8) is 0 Å². The molecule has 1 aliphatic carbocycles. The van der Waals surface area contributed by atoms with Crippen molar-refractivity contribution in [2.45, 2.75) is 36.8 Å². The van der Waals surface area contributed by atoms with Gasteiger partial charge in [-0.05, 0) is 25.8 Å². The van der Waals surface area contributed by atoms with Crippen molar-refractivity contribution >= 4 is 16.0 Å². The minimum atomic E-state index is -3.79. The highest BCUT2D eigenvalue weighted by atomic mass is 32.2. The van der Waals surface area contributed by atoms with Crippen LogP contribution in [0.3, 0.4) is 0 Å². The largest absolute Gasteiger partial charge is 0.477 e. The lowest BCUT2D eigenvalue weighted by molar-refractivity contribution is 0.0685. The first-order valence-electron chi connectivity index (χ1n) is 5.94. The Kier molecular flexibility index (Phi) is 3.66. The summed E-state index contributed by atoms with van der Waals surface area (Å²) in [6.45, 7) is 1.35. The maximum absolute atomic E-state index is 11.9. The number of aliphatic hydroxyl groups is 1. The molecule has 1 aliphatic rings. The van der Waals surface area contributed by atoms with Crippen molar-refractivity contribution < 1.29 is 23.4 Å². The van der Waals surface area contributed by atoms with E-state index in [-0.39, 0.29) is 23.2 Å². The first-order chi connectivity index (χ1) is 8.81. The second-order valence-corrected chi connectivity index (χ2v) is 6.47. The Morgan fingerprint density at radius 1 is 1.58 bits per heavy atom. The van der Waals surface area contributed by atoms with Crippen LogP contribution in [0.25, 0.3) is 0 Å². The smallest absolute Gasteiger partial charge is 0.352 e. The van der Waals surface area contributed by atoms with E-state index < -0.39 is 22.1 Å². The summed E-state index contributed by atoms with van der Waals surface area (Å²) in [6, 6.07) is 1.22. The van der Waals surface area contributed by atoms with Crippen molar-refractivity contribution in [3.05, 3.63) is 18.0 Å². The first kappa shape index (κ1) is 14.0. The van der Waals surface area contributed by atoms with Crippen LogP contribution in [0.5, 0.6) is 0 Å². The van der Waals surface area contributed by atoms with E-state index in [1.165, 1.54) is 17.7 Å². The van der Waals surface area contributed by atoms with E-state index >= 15 is 0 Å². The van der Waals surface area contributed by atoms with Crippen molar-refractivity contribution in [2.24, 2.45) is 0 Å². The van der Waals surface area contributed by atoms with E-state index in [0.29, 0.717) is 0 Å². The molecule has 3 N–H and O–H groups in total. The van der Waals surface area contributed by atoms with Crippen LogP contribution in [0.1, 0.15) is 36.3 Å². The quantitative estimate of drug-likeness (QED) is 0.692. The molecule has 2 rings (SSSR count). The van der Waals surface area contributed by atoms with E-state index in [2.05, 4.69) is 4.72 Å². The van der Waals surface area contributed by atoms with Gasteiger partial charge < -0.3 is 14.8 Å². The molecule has 106 valence electrons. The minimum Gasteiger partial charge on any atom is -0.477 e. The molecule has 0 unspecified atom stereocenters. The number of rotatable bonds is 6.